The number of nitrogens with zero attached hydrogens (tertiary/aromatic N) is 1. The molecule has 1 fully saturated rings. The van der Waals surface area contributed by atoms with Crippen molar-refractivity contribution in [1.29, 1.82) is 0 Å². The van der Waals surface area contributed by atoms with E-state index in [1.54, 1.807) is 4.90 Å². The monoisotopic (exact) mass is 387 g/mol. The maximum absolute atomic E-state index is 11.9. The van der Waals surface area contributed by atoms with E-state index in [0.29, 0.717) is 29.9 Å². The van der Waals surface area contributed by atoms with Gasteiger partial charge in [-0.25, -0.2) is 4.79 Å². The second-order valence-corrected chi connectivity index (χ2v) is 5.66. The Morgan fingerprint density at radius 3 is 2.45 bits per heavy atom. The number of hydrogen-bond acceptors (Lipinski definition) is 3. The van der Waals surface area contributed by atoms with Gasteiger partial charge in [-0.1, -0.05) is 52.9 Å². The van der Waals surface area contributed by atoms with Crippen LogP contribution in [0.15, 0.2) is 30.3 Å². The zero-order chi connectivity index (χ0) is 14.4. The molecule has 0 atom stereocenters. The van der Waals surface area contributed by atoms with Crippen molar-refractivity contribution in [3.63, 3.8) is 0 Å². The summed E-state index contributed by atoms with van der Waals surface area (Å²) in [6.07, 6.45) is 1.22. The third-order valence-corrected chi connectivity index (χ3v) is 4.30. The highest BCUT2D eigenvalue weighted by molar-refractivity contribution is 14.1. The molecule has 1 aromatic rings. The van der Waals surface area contributed by atoms with Crippen LogP contribution in [0, 0.1) is 5.92 Å². The van der Waals surface area contributed by atoms with Gasteiger partial charge >= 0.3 is 6.09 Å². The van der Waals surface area contributed by atoms with Crippen LogP contribution in [0.1, 0.15) is 18.4 Å². The number of ether oxygens (including phenoxy) is 1. The van der Waals surface area contributed by atoms with Crippen LogP contribution in [0.4, 0.5) is 4.79 Å². The van der Waals surface area contributed by atoms with Crippen LogP contribution < -0.4 is 0 Å². The fraction of sp³-hybridized carbons (Fsp3) is 0.467. The number of hydrogen-bond donors (Lipinski definition) is 0. The quantitative estimate of drug-likeness (QED) is 0.590. The van der Waals surface area contributed by atoms with Crippen molar-refractivity contribution in [3.05, 3.63) is 35.9 Å². The van der Waals surface area contributed by atoms with Gasteiger partial charge in [-0.3, -0.25) is 4.79 Å². The van der Waals surface area contributed by atoms with Crippen molar-refractivity contribution in [2.45, 2.75) is 19.4 Å². The third-order valence-electron chi connectivity index (χ3n) is 3.55. The van der Waals surface area contributed by atoms with Gasteiger partial charge < -0.3 is 9.64 Å². The molecule has 1 aliphatic rings. The Labute approximate surface area is 132 Å². The number of ketones is 1. The summed E-state index contributed by atoms with van der Waals surface area (Å²) in [6, 6.07) is 9.63. The first kappa shape index (κ1) is 15.3. The second-order valence-electron chi connectivity index (χ2n) is 4.90. The highest BCUT2D eigenvalue weighted by Crippen LogP contribution is 2.19. The van der Waals surface area contributed by atoms with Crippen LogP contribution in [-0.4, -0.2) is 34.3 Å². The average Bonchev–Trinajstić information content (AvgIpc) is 2.53. The molecule has 4 nitrogen and oxygen atoms in total. The van der Waals surface area contributed by atoms with Crippen LogP contribution in [0.2, 0.25) is 0 Å². The van der Waals surface area contributed by atoms with E-state index in [-0.39, 0.29) is 12.0 Å². The third kappa shape index (κ3) is 4.19. The number of benzene rings is 1. The second kappa shape index (κ2) is 7.61. The molecule has 5 heteroatoms. The lowest BCUT2D eigenvalue weighted by molar-refractivity contribution is -0.121. The van der Waals surface area contributed by atoms with Crippen molar-refractivity contribution in [2.24, 2.45) is 5.92 Å². The van der Waals surface area contributed by atoms with E-state index < -0.39 is 0 Å². The van der Waals surface area contributed by atoms with E-state index in [4.69, 9.17) is 4.74 Å². The van der Waals surface area contributed by atoms with Crippen LogP contribution in [-0.2, 0) is 16.1 Å². The Balaban J connectivity index is 1.76. The topological polar surface area (TPSA) is 46.6 Å². The van der Waals surface area contributed by atoms with E-state index >= 15 is 0 Å². The maximum Gasteiger partial charge on any atom is 0.410 e. The lowest BCUT2D eigenvalue weighted by Gasteiger charge is -2.30. The number of Topliss-reactive ketones (excluding diaryl/α,β-unsaturated/α-hetero) is 1. The van der Waals surface area contributed by atoms with Crippen LogP contribution >= 0.6 is 22.6 Å². The minimum absolute atomic E-state index is 0.116. The fourth-order valence-corrected chi connectivity index (χ4v) is 2.93. The van der Waals surface area contributed by atoms with E-state index in [2.05, 4.69) is 22.6 Å². The predicted molar refractivity (Wildman–Crippen MR) is 84.8 cm³/mol. The van der Waals surface area contributed by atoms with Crippen molar-refractivity contribution in [2.75, 3.05) is 17.5 Å². The van der Waals surface area contributed by atoms with Crippen molar-refractivity contribution >= 4 is 34.5 Å². The fourth-order valence-electron chi connectivity index (χ4n) is 2.30. The number of piperidine rings is 1. The molecule has 1 heterocycles. The first-order valence-electron chi connectivity index (χ1n) is 6.75. The Kier molecular flexibility index (Phi) is 5.82. The molecule has 0 aliphatic carbocycles. The first-order valence-corrected chi connectivity index (χ1v) is 8.27. The smallest absolute Gasteiger partial charge is 0.410 e. The molecule has 108 valence electrons. The normalized spacial score (nSPS) is 15.9. The maximum atomic E-state index is 11.9. The lowest BCUT2D eigenvalue weighted by Crippen LogP contribution is -2.40. The van der Waals surface area contributed by atoms with Crippen molar-refractivity contribution in [1.82, 2.24) is 4.90 Å². The molecule has 0 spiro atoms. The van der Waals surface area contributed by atoms with Gasteiger partial charge in [0, 0.05) is 19.0 Å². The van der Waals surface area contributed by atoms with Crippen molar-refractivity contribution < 1.29 is 14.3 Å². The molecule has 1 saturated heterocycles. The molecule has 0 N–H and O–H groups in total. The van der Waals surface area contributed by atoms with E-state index in [1.807, 2.05) is 30.3 Å². The van der Waals surface area contributed by atoms with Gasteiger partial charge in [0.25, 0.3) is 0 Å². The molecule has 1 amide bonds. The number of halogens is 1. The number of alkyl halides is 1. The molecule has 0 radical (unpaired) electrons. The Hall–Kier alpha value is -1.11. The van der Waals surface area contributed by atoms with Gasteiger partial charge in [0.1, 0.15) is 12.4 Å². The molecular weight excluding hydrogens is 369 g/mol. The average molecular weight is 387 g/mol. The molecule has 0 aromatic heterocycles. The first-order chi connectivity index (χ1) is 9.70. The van der Waals surface area contributed by atoms with Gasteiger partial charge in [0.15, 0.2) is 0 Å². The Morgan fingerprint density at radius 2 is 1.85 bits per heavy atom. The zero-order valence-corrected chi connectivity index (χ0v) is 13.4. The van der Waals surface area contributed by atoms with Gasteiger partial charge in [0.2, 0.25) is 0 Å². The van der Waals surface area contributed by atoms with E-state index in [0.717, 1.165) is 18.4 Å². The van der Waals surface area contributed by atoms with Crippen LogP contribution in [0.5, 0.6) is 0 Å². The highest BCUT2D eigenvalue weighted by atomic mass is 127. The lowest BCUT2D eigenvalue weighted by atomic mass is 9.94. The molecule has 20 heavy (non-hydrogen) atoms. The SMILES string of the molecule is O=C(CI)C1CCN(C(=O)OCc2ccccc2)CC1. The molecule has 2 rings (SSSR count). The number of carbonyl (C=O) groups excluding carboxylic acids is 2. The number of amides is 1. The van der Waals surface area contributed by atoms with Gasteiger partial charge in [-0.15, -0.1) is 0 Å². The summed E-state index contributed by atoms with van der Waals surface area (Å²) in [4.78, 5) is 25.2. The Morgan fingerprint density at radius 1 is 1.20 bits per heavy atom. The number of rotatable bonds is 4. The molecule has 1 aliphatic heterocycles. The van der Waals surface area contributed by atoms with Gasteiger partial charge in [-0.05, 0) is 18.4 Å². The molecule has 0 unspecified atom stereocenters. The summed E-state index contributed by atoms with van der Waals surface area (Å²) in [6.45, 7) is 1.52. The van der Waals surface area contributed by atoms with Crippen molar-refractivity contribution in [3.8, 4) is 0 Å². The predicted octanol–water partition coefficient (Wildman–Crippen LogP) is 3.04. The summed E-state index contributed by atoms with van der Waals surface area (Å²) >= 11 is 2.10. The molecule has 0 bridgehead atoms. The minimum atomic E-state index is -0.283. The summed E-state index contributed by atoms with van der Waals surface area (Å²) in [5, 5.41) is 0. The summed E-state index contributed by atoms with van der Waals surface area (Å²) in [5.41, 5.74) is 0.982. The molecule has 1 aromatic carbocycles. The number of carbonyl (C=O) groups is 2. The highest BCUT2D eigenvalue weighted by Gasteiger charge is 2.27. The molecule has 0 saturated carbocycles. The largest absolute Gasteiger partial charge is 0.445 e. The summed E-state index contributed by atoms with van der Waals surface area (Å²) < 4.78 is 5.85. The van der Waals surface area contributed by atoms with Gasteiger partial charge in [0.05, 0.1) is 4.43 Å². The van der Waals surface area contributed by atoms with Crippen LogP contribution in [0.25, 0.3) is 0 Å². The summed E-state index contributed by atoms with van der Waals surface area (Å²) in [7, 11) is 0. The zero-order valence-electron chi connectivity index (χ0n) is 11.3. The standard InChI is InChI=1S/C15H18INO3/c16-10-14(18)13-6-8-17(9-7-13)15(19)20-11-12-4-2-1-3-5-12/h1-5,13H,6-11H2. The molecular formula is C15H18INO3. The van der Waals surface area contributed by atoms with Crippen LogP contribution in [0.3, 0.4) is 0 Å². The number of likely N-dealkylation sites (tertiary alicyclic amines) is 1. The van der Waals surface area contributed by atoms with E-state index in [1.165, 1.54) is 0 Å². The minimum Gasteiger partial charge on any atom is -0.445 e. The summed E-state index contributed by atoms with van der Waals surface area (Å²) in [5.74, 6) is 0.410. The van der Waals surface area contributed by atoms with E-state index in [9.17, 15) is 9.59 Å². The van der Waals surface area contributed by atoms with Gasteiger partial charge in [-0.2, -0.15) is 0 Å². The Bertz CT molecular complexity index is 455.